The lowest BCUT2D eigenvalue weighted by Crippen LogP contribution is -2.45. The van der Waals surface area contributed by atoms with Crippen LogP contribution in [0.5, 0.6) is 0 Å². The second-order valence-corrected chi connectivity index (χ2v) is 3.59. The van der Waals surface area contributed by atoms with E-state index in [-0.39, 0.29) is 11.2 Å². The summed E-state index contributed by atoms with van der Waals surface area (Å²) < 4.78 is 1.06. The highest BCUT2D eigenvalue weighted by Crippen LogP contribution is 2.05. The lowest BCUT2D eigenvalue weighted by Gasteiger charge is -2.28. The predicted octanol–water partition coefficient (Wildman–Crippen LogP) is -1.52. The highest BCUT2D eigenvalue weighted by molar-refractivity contribution is 5.37. The molecule has 2 N–H and O–H groups in total. The van der Waals surface area contributed by atoms with Gasteiger partial charge >= 0.3 is 5.69 Å². The normalized spacial score (nSPS) is 16.7. The third-order valence-electron chi connectivity index (χ3n) is 2.59. The van der Waals surface area contributed by atoms with Gasteiger partial charge in [0.05, 0.1) is 0 Å². The SMILES string of the molecule is Cn1c(=O)cc(N2CCNCC2)[nH]c1=O. The molecule has 1 saturated heterocycles. The van der Waals surface area contributed by atoms with Crippen molar-refractivity contribution in [1.29, 1.82) is 0 Å². The molecule has 6 heteroatoms. The molecule has 1 aromatic heterocycles. The van der Waals surface area contributed by atoms with Crippen molar-refractivity contribution in [3.05, 3.63) is 26.9 Å². The molecule has 0 atom stereocenters. The van der Waals surface area contributed by atoms with E-state index < -0.39 is 0 Å². The summed E-state index contributed by atoms with van der Waals surface area (Å²) in [4.78, 5) is 27.5. The zero-order valence-electron chi connectivity index (χ0n) is 8.62. The Bertz CT molecular complexity index is 425. The maximum absolute atomic E-state index is 11.4. The minimum absolute atomic E-state index is 0.271. The Hall–Kier alpha value is -1.56. The fourth-order valence-electron chi connectivity index (χ4n) is 1.62. The van der Waals surface area contributed by atoms with Gasteiger partial charge in [-0.05, 0) is 0 Å². The molecule has 1 aliphatic heterocycles. The second-order valence-electron chi connectivity index (χ2n) is 3.59. The summed E-state index contributed by atoms with van der Waals surface area (Å²) in [7, 11) is 1.46. The number of H-pyrrole nitrogens is 1. The van der Waals surface area contributed by atoms with Crippen molar-refractivity contribution in [2.45, 2.75) is 0 Å². The van der Waals surface area contributed by atoms with Gasteiger partial charge in [0, 0.05) is 39.3 Å². The molecule has 6 nitrogen and oxygen atoms in total. The highest BCUT2D eigenvalue weighted by Gasteiger charge is 2.12. The fraction of sp³-hybridized carbons (Fsp3) is 0.556. The molecular weight excluding hydrogens is 196 g/mol. The average molecular weight is 210 g/mol. The summed E-state index contributed by atoms with van der Waals surface area (Å²) in [6.07, 6.45) is 0. The molecule has 0 bridgehead atoms. The fourth-order valence-corrected chi connectivity index (χ4v) is 1.62. The molecule has 2 rings (SSSR count). The van der Waals surface area contributed by atoms with Crippen LogP contribution < -0.4 is 21.5 Å². The van der Waals surface area contributed by atoms with Crippen LogP contribution >= 0.6 is 0 Å². The second kappa shape index (κ2) is 3.90. The Morgan fingerprint density at radius 2 is 1.93 bits per heavy atom. The quantitative estimate of drug-likeness (QED) is 0.591. The molecule has 0 spiro atoms. The maximum atomic E-state index is 11.4. The molecule has 1 aliphatic rings. The Morgan fingerprint density at radius 1 is 1.27 bits per heavy atom. The number of nitrogens with one attached hydrogen (secondary N) is 2. The molecule has 0 aromatic carbocycles. The largest absolute Gasteiger partial charge is 0.355 e. The molecule has 82 valence electrons. The lowest BCUT2D eigenvalue weighted by molar-refractivity contribution is 0.581. The van der Waals surface area contributed by atoms with Gasteiger partial charge < -0.3 is 10.2 Å². The molecule has 0 saturated carbocycles. The number of anilines is 1. The van der Waals surface area contributed by atoms with E-state index >= 15 is 0 Å². The maximum Gasteiger partial charge on any atom is 0.329 e. The van der Waals surface area contributed by atoms with Crippen LogP contribution in [0, 0.1) is 0 Å². The Labute approximate surface area is 86.5 Å². The zero-order chi connectivity index (χ0) is 10.8. The van der Waals surface area contributed by atoms with E-state index in [4.69, 9.17) is 0 Å². The number of rotatable bonds is 1. The highest BCUT2D eigenvalue weighted by atomic mass is 16.2. The van der Waals surface area contributed by atoms with Crippen molar-refractivity contribution in [2.24, 2.45) is 7.05 Å². The van der Waals surface area contributed by atoms with Gasteiger partial charge in [-0.3, -0.25) is 14.3 Å². The molecule has 0 unspecified atom stereocenters. The first-order valence-electron chi connectivity index (χ1n) is 4.94. The van der Waals surface area contributed by atoms with Crippen LogP contribution in [-0.2, 0) is 7.05 Å². The lowest BCUT2D eigenvalue weighted by atomic mass is 10.3. The molecule has 1 fully saturated rings. The predicted molar refractivity (Wildman–Crippen MR) is 57.4 cm³/mol. The van der Waals surface area contributed by atoms with Crippen molar-refractivity contribution in [2.75, 3.05) is 31.1 Å². The van der Waals surface area contributed by atoms with Gasteiger partial charge in [-0.2, -0.15) is 0 Å². The summed E-state index contributed by atoms with van der Waals surface area (Å²) in [6, 6.07) is 1.46. The molecule has 1 aromatic rings. The molecule has 0 aliphatic carbocycles. The summed E-state index contributed by atoms with van der Waals surface area (Å²) in [5.74, 6) is 0.615. The van der Waals surface area contributed by atoms with Crippen LogP contribution in [0.3, 0.4) is 0 Å². The molecule has 2 heterocycles. The third kappa shape index (κ3) is 1.94. The average Bonchev–Trinajstić information content (AvgIpc) is 2.26. The van der Waals surface area contributed by atoms with Crippen LogP contribution in [-0.4, -0.2) is 35.7 Å². The van der Waals surface area contributed by atoms with E-state index in [9.17, 15) is 9.59 Å². The number of hydrogen-bond acceptors (Lipinski definition) is 4. The van der Waals surface area contributed by atoms with Crippen LogP contribution in [0.4, 0.5) is 5.82 Å². The van der Waals surface area contributed by atoms with Crippen LogP contribution in [0.1, 0.15) is 0 Å². The molecule has 15 heavy (non-hydrogen) atoms. The van der Waals surface area contributed by atoms with Gasteiger partial charge in [-0.1, -0.05) is 0 Å². The first kappa shape index (κ1) is 9.97. The van der Waals surface area contributed by atoms with Crippen molar-refractivity contribution in [1.82, 2.24) is 14.9 Å². The smallest absolute Gasteiger partial charge is 0.329 e. The van der Waals surface area contributed by atoms with E-state index in [0.29, 0.717) is 5.82 Å². The van der Waals surface area contributed by atoms with Crippen molar-refractivity contribution in [3.8, 4) is 0 Å². The summed E-state index contributed by atoms with van der Waals surface area (Å²) in [5, 5.41) is 3.21. The topological polar surface area (TPSA) is 70.1 Å². The van der Waals surface area contributed by atoms with Crippen molar-refractivity contribution < 1.29 is 0 Å². The Morgan fingerprint density at radius 3 is 2.53 bits per heavy atom. The summed E-state index contributed by atoms with van der Waals surface area (Å²) in [6.45, 7) is 3.36. The molecular formula is C9H14N4O2. The first-order chi connectivity index (χ1) is 7.18. The molecule has 0 radical (unpaired) electrons. The van der Waals surface area contributed by atoms with E-state index in [2.05, 4.69) is 10.3 Å². The van der Waals surface area contributed by atoms with E-state index in [1.807, 2.05) is 4.90 Å². The van der Waals surface area contributed by atoms with Crippen LogP contribution in [0.25, 0.3) is 0 Å². The number of aromatic amines is 1. The van der Waals surface area contributed by atoms with Gasteiger partial charge in [0.15, 0.2) is 0 Å². The van der Waals surface area contributed by atoms with Gasteiger partial charge in [-0.15, -0.1) is 0 Å². The number of aromatic nitrogens is 2. The van der Waals surface area contributed by atoms with Crippen molar-refractivity contribution >= 4 is 5.82 Å². The number of piperazine rings is 1. The van der Waals surface area contributed by atoms with Crippen LogP contribution in [0.15, 0.2) is 15.7 Å². The van der Waals surface area contributed by atoms with Gasteiger partial charge in [0.1, 0.15) is 5.82 Å². The standard InChI is InChI=1S/C9H14N4O2/c1-12-8(14)6-7(11-9(12)15)13-4-2-10-3-5-13/h6,10H,2-5H2,1H3,(H,11,15). The zero-order valence-corrected chi connectivity index (χ0v) is 8.62. The van der Waals surface area contributed by atoms with E-state index in [1.165, 1.54) is 13.1 Å². The Balaban J connectivity index is 2.36. The van der Waals surface area contributed by atoms with E-state index in [0.717, 1.165) is 30.7 Å². The summed E-state index contributed by atoms with van der Waals surface area (Å²) >= 11 is 0. The molecule has 0 amide bonds. The summed E-state index contributed by atoms with van der Waals surface area (Å²) in [5.41, 5.74) is -0.636. The van der Waals surface area contributed by atoms with Crippen LogP contribution in [0.2, 0.25) is 0 Å². The van der Waals surface area contributed by atoms with Crippen molar-refractivity contribution in [3.63, 3.8) is 0 Å². The third-order valence-corrected chi connectivity index (χ3v) is 2.59. The van der Waals surface area contributed by atoms with E-state index in [1.54, 1.807) is 0 Å². The first-order valence-corrected chi connectivity index (χ1v) is 4.94. The monoisotopic (exact) mass is 210 g/mol. The minimum atomic E-state index is -0.365. The van der Waals surface area contributed by atoms with Gasteiger partial charge in [0.25, 0.3) is 5.56 Å². The van der Waals surface area contributed by atoms with Gasteiger partial charge in [-0.25, -0.2) is 4.79 Å². The number of nitrogens with zero attached hydrogens (tertiary/aromatic N) is 2. The minimum Gasteiger partial charge on any atom is -0.355 e. The number of hydrogen-bond donors (Lipinski definition) is 2. The van der Waals surface area contributed by atoms with Gasteiger partial charge in [0.2, 0.25) is 0 Å². The Kier molecular flexibility index (Phi) is 2.59.